The van der Waals surface area contributed by atoms with Crippen molar-refractivity contribution in [3.8, 4) is 0 Å². The van der Waals surface area contributed by atoms with Gasteiger partial charge in [0.15, 0.2) is 0 Å². The highest BCUT2D eigenvalue weighted by Crippen LogP contribution is 2.31. The second-order valence-corrected chi connectivity index (χ2v) is 5.45. The van der Waals surface area contributed by atoms with Gasteiger partial charge in [-0.2, -0.15) is 0 Å². The minimum absolute atomic E-state index is 0.390. The van der Waals surface area contributed by atoms with E-state index >= 15 is 0 Å². The Morgan fingerprint density at radius 1 is 1.00 bits per heavy atom. The summed E-state index contributed by atoms with van der Waals surface area (Å²) in [6.45, 7) is 2.20. The van der Waals surface area contributed by atoms with Gasteiger partial charge in [0.1, 0.15) is 0 Å². The van der Waals surface area contributed by atoms with Crippen LogP contribution in [-0.2, 0) is 0 Å². The van der Waals surface area contributed by atoms with E-state index in [-0.39, 0.29) is 6.10 Å². The van der Waals surface area contributed by atoms with E-state index in [1.807, 2.05) is 36.4 Å². The second-order valence-electron chi connectivity index (χ2n) is 5.05. The molecule has 0 radical (unpaired) electrons. The fourth-order valence-corrected chi connectivity index (χ4v) is 2.72. The fraction of sp³-hybridized carbons (Fsp3) is 0.412. The first kappa shape index (κ1) is 14.4. The van der Waals surface area contributed by atoms with Gasteiger partial charge in [0.2, 0.25) is 0 Å². The molecule has 1 atom stereocenters. The molecule has 0 saturated heterocycles. The number of unbranched alkanes of at least 4 members (excludes halogenated alkanes) is 3. The van der Waals surface area contributed by atoms with E-state index in [9.17, 15) is 5.11 Å². The van der Waals surface area contributed by atoms with E-state index in [1.54, 1.807) is 0 Å². The average molecular weight is 277 g/mol. The molecular weight excluding hydrogens is 256 g/mol. The Morgan fingerprint density at radius 2 is 1.74 bits per heavy atom. The highest BCUT2D eigenvalue weighted by molar-refractivity contribution is 6.35. The van der Waals surface area contributed by atoms with Crippen LogP contribution in [0.25, 0.3) is 10.8 Å². The monoisotopic (exact) mass is 276 g/mol. The number of halogens is 1. The predicted octanol–water partition coefficient (Wildman–Crippen LogP) is 5.50. The van der Waals surface area contributed by atoms with Crippen LogP contribution in [0, 0.1) is 0 Å². The molecule has 0 aliphatic rings. The lowest BCUT2D eigenvalue weighted by molar-refractivity contribution is 0.165. The minimum Gasteiger partial charge on any atom is -0.388 e. The van der Waals surface area contributed by atoms with E-state index in [0.29, 0.717) is 0 Å². The Bertz CT molecular complexity index is 536. The molecule has 1 unspecified atom stereocenters. The summed E-state index contributed by atoms with van der Waals surface area (Å²) < 4.78 is 0. The van der Waals surface area contributed by atoms with Crippen molar-refractivity contribution in [2.24, 2.45) is 0 Å². The lowest BCUT2D eigenvalue weighted by Gasteiger charge is -2.14. The van der Waals surface area contributed by atoms with E-state index in [2.05, 4.69) is 6.92 Å². The topological polar surface area (TPSA) is 20.2 Å². The minimum atomic E-state index is -0.390. The zero-order valence-corrected chi connectivity index (χ0v) is 12.2. The SMILES string of the molecule is CCCCCCC(O)c1ccc(Cl)c2ccccc12. The first-order valence-corrected chi connectivity index (χ1v) is 7.47. The lowest BCUT2D eigenvalue weighted by atomic mass is 9.97. The molecule has 0 aliphatic heterocycles. The quantitative estimate of drug-likeness (QED) is 0.691. The van der Waals surface area contributed by atoms with Gasteiger partial charge in [-0.15, -0.1) is 0 Å². The molecule has 0 aliphatic carbocycles. The summed E-state index contributed by atoms with van der Waals surface area (Å²) >= 11 is 6.20. The van der Waals surface area contributed by atoms with Crippen molar-refractivity contribution in [3.05, 3.63) is 47.0 Å². The molecule has 0 spiro atoms. The van der Waals surface area contributed by atoms with Gasteiger partial charge in [0.25, 0.3) is 0 Å². The van der Waals surface area contributed by atoms with Crippen LogP contribution in [0.4, 0.5) is 0 Å². The molecule has 2 aromatic rings. The Kier molecular flexibility index (Phi) is 5.24. The Hall–Kier alpha value is -1.05. The first-order valence-electron chi connectivity index (χ1n) is 7.09. The number of rotatable bonds is 6. The molecular formula is C17H21ClO. The van der Waals surface area contributed by atoms with Gasteiger partial charge in [-0.1, -0.05) is 74.5 Å². The van der Waals surface area contributed by atoms with Crippen LogP contribution >= 0.6 is 11.6 Å². The summed E-state index contributed by atoms with van der Waals surface area (Å²) in [6, 6.07) is 11.8. The highest BCUT2D eigenvalue weighted by Gasteiger charge is 2.12. The molecule has 2 aromatic carbocycles. The molecule has 0 fully saturated rings. The van der Waals surface area contributed by atoms with Crippen LogP contribution in [0.3, 0.4) is 0 Å². The van der Waals surface area contributed by atoms with Gasteiger partial charge >= 0.3 is 0 Å². The summed E-state index contributed by atoms with van der Waals surface area (Å²) in [7, 11) is 0. The molecule has 19 heavy (non-hydrogen) atoms. The summed E-state index contributed by atoms with van der Waals surface area (Å²) in [5, 5.41) is 13.2. The summed E-state index contributed by atoms with van der Waals surface area (Å²) in [4.78, 5) is 0. The normalized spacial score (nSPS) is 12.8. The van der Waals surface area contributed by atoms with Crippen molar-refractivity contribution in [1.29, 1.82) is 0 Å². The molecule has 0 amide bonds. The Balaban J connectivity index is 2.18. The van der Waals surface area contributed by atoms with Crippen molar-refractivity contribution in [1.82, 2.24) is 0 Å². The number of hydrogen-bond acceptors (Lipinski definition) is 1. The van der Waals surface area contributed by atoms with Crippen molar-refractivity contribution < 1.29 is 5.11 Å². The van der Waals surface area contributed by atoms with Crippen LogP contribution in [0.2, 0.25) is 5.02 Å². The van der Waals surface area contributed by atoms with Crippen LogP contribution in [0.15, 0.2) is 36.4 Å². The third-order valence-corrected chi connectivity index (χ3v) is 3.92. The average Bonchev–Trinajstić information content (AvgIpc) is 2.44. The number of fused-ring (bicyclic) bond motifs is 1. The van der Waals surface area contributed by atoms with Gasteiger partial charge in [0.05, 0.1) is 6.10 Å². The van der Waals surface area contributed by atoms with Gasteiger partial charge in [-0.25, -0.2) is 0 Å². The standard InChI is InChI=1S/C17H21ClO/c1-2-3-4-5-10-17(19)15-11-12-16(18)14-9-7-6-8-13(14)15/h6-9,11-12,17,19H,2-5,10H2,1H3. The zero-order valence-electron chi connectivity index (χ0n) is 11.4. The fourth-order valence-electron chi connectivity index (χ4n) is 2.50. The van der Waals surface area contributed by atoms with E-state index < -0.39 is 0 Å². The molecule has 2 heteroatoms. The zero-order chi connectivity index (χ0) is 13.7. The molecule has 0 saturated carbocycles. The van der Waals surface area contributed by atoms with Crippen LogP contribution in [-0.4, -0.2) is 5.11 Å². The maximum atomic E-state index is 10.4. The Labute approximate surface area is 120 Å². The maximum absolute atomic E-state index is 10.4. The predicted molar refractivity (Wildman–Crippen MR) is 82.7 cm³/mol. The largest absolute Gasteiger partial charge is 0.388 e. The summed E-state index contributed by atoms with van der Waals surface area (Å²) in [5.74, 6) is 0. The molecule has 0 aromatic heterocycles. The number of aliphatic hydroxyl groups is 1. The Morgan fingerprint density at radius 3 is 2.47 bits per heavy atom. The molecule has 2 rings (SSSR count). The second kappa shape index (κ2) is 6.93. The van der Waals surface area contributed by atoms with E-state index in [4.69, 9.17) is 11.6 Å². The molecule has 0 heterocycles. The maximum Gasteiger partial charge on any atom is 0.0796 e. The van der Waals surface area contributed by atoms with Gasteiger partial charge in [-0.3, -0.25) is 0 Å². The highest BCUT2D eigenvalue weighted by atomic mass is 35.5. The van der Waals surface area contributed by atoms with E-state index in [0.717, 1.165) is 34.2 Å². The number of hydrogen-bond donors (Lipinski definition) is 1. The van der Waals surface area contributed by atoms with Crippen molar-refractivity contribution in [3.63, 3.8) is 0 Å². The molecule has 1 N–H and O–H groups in total. The lowest BCUT2D eigenvalue weighted by Crippen LogP contribution is -1.98. The number of benzene rings is 2. The van der Waals surface area contributed by atoms with Crippen molar-refractivity contribution >= 4 is 22.4 Å². The van der Waals surface area contributed by atoms with Gasteiger partial charge in [0, 0.05) is 10.4 Å². The van der Waals surface area contributed by atoms with E-state index in [1.165, 1.54) is 19.3 Å². The van der Waals surface area contributed by atoms with Crippen molar-refractivity contribution in [2.45, 2.75) is 45.1 Å². The van der Waals surface area contributed by atoms with Crippen molar-refractivity contribution in [2.75, 3.05) is 0 Å². The molecule has 102 valence electrons. The van der Waals surface area contributed by atoms with Crippen LogP contribution in [0.1, 0.15) is 50.7 Å². The third kappa shape index (κ3) is 3.49. The molecule has 1 nitrogen and oxygen atoms in total. The van der Waals surface area contributed by atoms with Crippen LogP contribution < -0.4 is 0 Å². The third-order valence-electron chi connectivity index (χ3n) is 3.59. The van der Waals surface area contributed by atoms with Gasteiger partial charge < -0.3 is 5.11 Å². The summed E-state index contributed by atoms with van der Waals surface area (Å²) in [6.07, 6.45) is 5.17. The molecule has 0 bridgehead atoms. The van der Waals surface area contributed by atoms with Gasteiger partial charge in [-0.05, 0) is 23.4 Å². The number of aliphatic hydroxyl groups excluding tert-OH is 1. The van der Waals surface area contributed by atoms with Crippen LogP contribution in [0.5, 0.6) is 0 Å². The summed E-state index contributed by atoms with van der Waals surface area (Å²) in [5.41, 5.74) is 0.997. The first-order chi connectivity index (χ1) is 9.24. The smallest absolute Gasteiger partial charge is 0.0796 e.